The van der Waals surface area contributed by atoms with Crippen LogP contribution in [0.3, 0.4) is 0 Å². The van der Waals surface area contributed by atoms with E-state index in [-0.39, 0.29) is 0 Å². The van der Waals surface area contributed by atoms with Gasteiger partial charge < -0.3 is 9.13 Å². The van der Waals surface area contributed by atoms with E-state index in [4.69, 9.17) is 9.97 Å². The van der Waals surface area contributed by atoms with Crippen LogP contribution in [0, 0.1) is 0 Å². The number of imidazole rings is 1. The van der Waals surface area contributed by atoms with Crippen molar-refractivity contribution in [1.82, 2.24) is 19.1 Å². The van der Waals surface area contributed by atoms with Gasteiger partial charge in [0.2, 0.25) is 0 Å². The van der Waals surface area contributed by atoms with Crippen LogP contribution in [0.1, 0.15) is 0 Å². The maximum absolute atomic E-state index is 5.03. The van der Waals surface area contributed by atoms with Gasteiger partial charge in [0.25, 0.3) is 0 Å². The van der Waals surface area contributed by atoms with E-state index in [1.54, 1.807) is 0 Å². The highest BCUT2D eigenvalue weighted by molar-refractivity contribution is 6.10. The largest absolute Gasteiger partial charge is 0.327 e. The van der Waals surface area contributed by atoms with Gasteiger partial charge in [-0.2, -0.15) is 0 Å². The van der Waals surface area contributed by atoms with Crippen LogP contribution in [-0.4, -0.2) is 19.1 Å². The average Bonchev–Trinajstić information content (AvgIpc) is 3.66. The van der Waals surface area contributed by atoms with Crippen molar-refractivity contribution in [2.45, 2.75) is 0 Å². The Kier molecular flexibility index (Phi) is 6.32. The second-order valence-electron chi connectivity index (χ2n) is 12.0. The van der Waals surface area contributed by atoms with E-state index >= 15 is 0 Å². The molecule has 0 fully saturated rings. The number of hydrogen-bond acceptors (Lipinski definition) is 2. The molecule has 0 amide bonds. The Hall–Kier alpha value is -6.26. The summed E-state index contributed by atoms with van der Waals surface area (Å²) in [4.78, 5) is 9.78. The Morgan fingerprint density at radius 1 is 0.447 bits per heavy atom. The van der Waals surface area contributed by atoms with E-state index in [0.717, 1.165) is 61.5 Å². The van der Waals surface area contributed by atoms with Gasteiger partial charge in [0.1, 0.15) is 5.82 Å². The topological polar surface area (TPSA) is 35.6 Å². The van der Waals surface area contributed by atoms with Crippen LogP contribution >= 0.6 is 0 Å². The van der Waals surface area contributed by atoms with Crippen molar-refractivity contribution in [1.29, 1.82) is 0 Å². The fourth-order valence-electron chi connectivity index (χ4n) is 6.87. The molecule has 3 aromatic heterocycles. The molecule has 0 saturated heterocycles. The Morgan fingerprint density at radius 3 is 1.87 bits per heavy atom. The molecule has 0 atom stereocenters. The molecule has 0 aliphatic heterocycles. The van der Waals surface area contributed by atoms with Gasteiger partial charge >= 0.3 is 0 Å². The van der Waals surface area contributed by atoms with E-state index in [0.29, 0.717) is 0 Å². The average molecular weight is 603 g/mol. The van der Waals surface area contributed by atoms with Gasteiger partial charge in [-0.3, -0.25) is 4.98 Å². The lowest BCUT2D eigenvalue weighted by Gasteiger charge is -2.14. The lowest BCUT2D eigenvalue weighted by Crippen LogP contribution is -1.97. The molecule has 0 bridgehead atoms. The Balaban J connectivity index is 1.27. The fraction of sp³-hybridized carbons (Fsp3) is 0.0233. The molecule has 0 N–H and O–H groups in total. The summed E-state index contributed by atoms with van der Waals surface area (Å²) in [6.45, 7) is 0. The van der Waals surface area contributed by atoms with Gasteiger partial charge in [0.15, 0.2) is 0 Å². The van der Waals surface area contributed by atoms with Gasteiger partial charge in [-0.1, -0.05) is 103 Å². The monoisotopic (exact) mass is 602 g/mol. The maximum atomic E-state index is 5.03. The number of benzene rings is 6. The van der Waals surface area contributed by atoms with Crippen molar-refractivity contribution < 1.29 is 0 Å². The van der Waals surface area contributed by atoms with Crippen molar-refractivity contribution in [3.8, 4) is 50.6 Å². The first-order valence-corrected chi connectivity index (χ1v) is 15.9. The number of rotatable bonds is 5. The van der Waals surface area contributed by atoms with Crippen LogP contribution in [-0.2, 0) is 7.05 Å². The van der Waals surface area contributed by atoms with Crippen molar-refractivity contribution >= 4 is 32.8 Å². The van der Waals surface area contributed by atoms with E-state index in [1.807, 2.05) is 24.4 Å². The quantitative estimate of drug-likeness (QED) is 0.196. The Bertz CT molecular complexity index is 2560. The molecular formula is C43H30N4. The molecule has 3 heterocycles. The summed E-state index contributed by atoms with van der Waals surface area (Å²) in [6.07, 6.45) is 1.86. The van der Waals surface area contributed by atoms with Crippen LogP contribution in [0.2, 0.25) is 0 Å². The summed E-state index contributed by atoms with van der Waals surface area (Å²) < 4.78 is 4.58. The van der Waals surface area contributed by atoms with E-state index < -0.39 is 0 Å². The van der Waals surface area contributed by atoms with Gasteiger partial charge in [-0.25, -0.2) is 4.98 Å². The van der Waals surface area contributed by atoms with E-state index in [2.05, 4.69) is 156 Å². The molecule has 0 spiro atoms. The zero-order valence-corrected chi connectivity index (χ0v) is 25.9. The minimum absolute atomic E-state index is 0.942. The first-order valence-electron chi connectivity index (χ1n) is 15.9. The lowest BCUT2D eigenvalue weighted by molar-refractivity contribution is 0.959. The van der Waals surface area contributed by atoms with Crippen molar-refractivity contribution in [2.24, 2.45) is 7.05 Å². The molecule has 0 unspecified atom stereocenters. The normalized spacial score (nSPS) is 11.5. The first kappa shape index (κ1) is 27.1. The second-order valence-corrected chi connectivity index (χ2v) is 12.0. The third-order valence-electron chi connectivity index (χ3n) is 9.18. The molecule has 0 aliphatic carbocycles. The number of para-hydroxylation sites is 3. The summed E-state index contributed by atoms with van der Waals surface area (Å²) in [6, 6.07) is 56.0. The van der Waals surface area contributed by atoms with Gasteiger partial charge in [-0.05, 0) is 76.9 Å². The molecule has 4 nitrogen and oxygen atoms in total. The van der Waals surface area contributed by atoms with Gasteiger partial charge in [0.05, 0.1) is 27.8 Å². The summed E-state index contributed by atoms with van der Waals surface area (Å²) in [5, 5.41) is 2.43. The minimum atomic E-state index is 0.942. The number of nitrogens with zero attached hydrogens (tertiary/aromatic N) is 4. The molecule has 9 aromatic rings. The molecule has 6 aromatic carbocycles. The number of aromatic nitrogens is 4. The predicted octanol–water partition coefficient (Wildman–Crippen LogP) is 10.7. The molecule has 9 rings (SSSR count). The van der Waals surface area contributed by atoms with Crippen LogP contribution in [0.25, 0.3) is 83.4 Å². The third kappa shape index (κ3) is 4.62. The van der Waals surface area contributed by atoms with E-state index in [9.17, 15) is 0 Å². The number of aryl methyl sites for hydroxylation is 1. The van der Waals surface area contributed by atoms with Gasteiger partial charge in [0, 0.05) is 40.8 Å². The van der Waals surface area contributed by atoms with Crippen LogP contribution in [0.15, 0.2) is 164 Å². The number of fused-ring (bicyclic) bond motifs is 4. The molecule has 4 heteroatoms. The molecule has 222 valence electrons. The highest BCUT2D eigenvalue weighted by atomic mass is 15.1. The zero-order valence-electron chi connectivity index (χ0n) is 25.9. The molecule has 47 heavy (non-hydrogen) atoms. The molecule has 0 radical (unpaired) electrons. The summed E-state index contributed by atoms with van der Waals surface area (Å²) in [7, 11) is 2.09. The summed E-state index contributed by atoms with van der Waals surface area (Å²) >= 11 is 0. The fourth-order valence-corrected chi connectivity index (χ4v) is 6.87. The van der Waals surface area contributed by atoms with Gasteiger partial charge in [-0.15, -0.1) is 0 Å². The lowest BCUT2D eigenvalue weighted by atomic mass is 9.97. The Morgan fingerprint density at radius 2 is 1.09 bits per heavy atom. The highest BCUT2D eigenvalue weighted by Gasteiger charge is 2.17. The highest BCUT2D eigenvalue weighted by Crippen LogP contribution is 2.38. The van der Waals surface area contributed by atoms with Crippen LogP contribution < -0.4 is 0 Å². The van der Waals surface area contributed by atoms with E-state index in [1.165, 1.54) is 21.9 Å². The number of pyridine rings is 1. The summed E-state index contributed by atoms with van der Waals surface area (Å²) in [5.74, 6) is 0.950. The maximum Gasteiger partial charge on any atom is 0.140 e. The van der Waals surface area contributed by atoms with Crippen molar-refractivity contribution in [3.63, 3.8) is 0 Å². The van der Waals surface area contributed by atoms with Crippen molar-refractivity contribution in [2.75, 3.05) is 0 Å². The Labute approximate surface area is 272 Å². The predicted molar refractivity (Wildman–Crippen MR) is 195 cm³/mol. The van der Waals surface area contributed by atoms with Crippen LogP contribution in [0.5, 0.6) is 0 Å². The summed E-state index contributed by atoms with van der Waals surface area (Å²) in [5.41, 5.74) is 13.3. The van der Waals surface area contributed by atoms with Crippen molar-refractivity contribution in [3.05, 3.63) is 164 Å². The molecule has 0 aliphatic rings. The number of hydrogen-bond donors (Lipinski definition) is 0. The standard InChI is InChI=1S/C43H30N4/c1-46-41-17-8-6-15-39(41)45-43(46)32-22-23-37-36-13-5-7-16-40(36)47(42(37)28-32)35-26-33(25-34(27-35)38-14-9-10-24-44-38)31-20-18-30(19-21-31)29-11-3-2-4-12-29/h2-28H,1H3. The first-order chi connectivity index (χ1) is 23.2. The smallest absolute Gasteiger partial charge is 0.140 e. The molecule has 0 saturated carbocycles. The third-order valence-corrected chi connectivity index (χ3v) is 9.18. The zero-order chi connectivity index (χ0) is 31.3. The second kappa shape index (κ2) is 11.0. The molecular weight excluding hydrogens is 573 g/mol. The van der Waals surface area contributed by atoms with Crippen LogP contribution in [0.4, 0.5) is 0 Å². The SMILES string of the molecule is Cn1c(-c2ccc3c4ccccc4n(-c4cc(-c5ccc(-c6ccccc6)cc5)cc(-c5ccccn5)c4)c3c2)nc2ccccc21. The minimum Gasteiger partial charge on any atom is -0.327 e.